The van der Waals surface area contributed by atoms with Gasteiger partial charge in [-0.25, -0.2) is 9.48 Å². The van der Waals surface area contributed by atoms with Gasteiger partial charge in [-0.3, -0.25) is 10.1 Å². The summed E-state index contributed by atoms with van der Waals surface area (Å²) in [7, 11) is 0. The van der Waals surface area contributed by atoms with Crippen molar-refractivity contribution >= 4 is 16.7 Å². The maximum absolute atomic E-state index is 12.2. The molecule has 4 rings (SSSR count). The molecule has 0 N–H and O–H groups in total. The molecule has 0 amide bonds. The van der Waals surface area contributed by atoms with Crippen LogP contribution < -0.4 is 5.63 Å². The van der Waals surface area contributed by atoms with Crippen LogP contribution in [0.3, 0.4) is 0 Å². The molecule has 0 saturated carbocycles. The predicted octanol–water partition coefficient (Wildman–Crippen LogP) is 3.26. The molecule has 0 aliphatic rings. The van der Waals surface area contributed by atoms with Crippen LogP contribution >= 0.6 is 0 Å². The highest BCUT2D eigenvalue weighted by Gasteiger charge is 2.18. The van der Waals surface area contributed by atoms with Crippen molar-refractivity contribution in [2.24, 2.45) is 0 Å². The molecule has 2 aromatic carbocycles. The summed E-state index contributed by atoms with van der Waals surface area (Å²) in [6, 6.07) is 13.6. The summed E-state index contributed by atoms with van der Waals surface area (Å²) in [5.74, 6) is 0. The summed E-state index contributed by atoms with van der Waals surface area (Å²) < 4.78 is 6.58. The second kappa shape index (κ2) is 5.92. The lowest BCUT2D eigenvalue weighted by Crippen LogP contribution is -2.03. The lowest BCUT2D eigenvalue weighted by molar-refractivity contribution is -0.384. The zero-order valence-corrected chi connectivity index (χ0v) is 13.6. The molecule has 8 nitrogen and oxygen atoms in total. The molecule has 4 aromatic rings. The van der Waals surface area contributed by atoms with E-state index in [9.17, 15) is 14.9 Å². The van der Waals surface area contributed by atoms with E-state index in [1.165, 1.54) is 16.9 Å². The van der Waals surface area contributed by atoms with Crippen molar-refractivity contribution in [1.82, 2.24) is 15.0 Å². The molecule has 0 radical (unpaired) electrons. The van der Waals surface area contributed by atoms with Gasteiger partial charge in [0.15, 0.2) is 0 Å². The second-order valence-electron chi connectivity index (χ2n) is 5.78. The number of nitro benzene ring substituents is 1. The van der Waals surface area contributed by atoms with Gasteiger partial charge < -0.3 is 4.42 Å². The molecule has 0 aliphatic carbocycles. The zero-order valence-electron chi connectivity index (χ0n) is 13.6. The number of para-hydroxylation sites is 1. The van der Waals surface area contributed by atoms with Gasteiger partial charge in [0.2, 0.25) is 0 Å². The Bertz CT molecular complexity index is 1210. The highest BCUT2D eigenvalue weighted by atomic mass is 16.6. The molecule has 0 spiro atoms. The molecule has 0 unspecified atom stereocenters. The van der Waals surface area contributed by atoms with Crippen LogP contribution in [-0.2, 0) is 0 Å². The third kappa shape index (κ3) is 2.63. The van der Waals surface area contributed by atoms with Crippen LogP contribution in [-0.4, -0.2) is 19.9 Å². The maximum Gasteiger partial charge on any atom is 0.345 e. The van der Waals surface area contributed by atoms with Crippen LogP contribution in [0.5, 0.6) is 0 Å². The van der Waals surface area contributed by atoms with Crippen LogP contribution in [0.1, 0.15) is 5.56 Å². The molecule has 0 atom stereocenters. The number of nitro groups is 1. The maximum atomic E-state index is 12.2. The third-order valence-electron chi connectivity index (χ3n) is 3.99. The summed E-state index contributed by atoms with van der Waals surface area (Å²) >= 11 is 0. The van der Waals surface area contributed by atoms with E-state index >= 15 is 0 Å². The minimum Gasteiger partial charge on any atom is -0.422 e. The van der Waals surface area contributed by atoms with Gasteiger partial charge in [-0.1, -0.05) is 29.5 Å². The summed E-state index contributed by atoms with van der Waals surface area (Å²) in [6.45, 7) is 1.77. The van der Waals surface area contributed by atoms with Crippen molar-refractivity contribution in [1.29, 1.82) is 0 Å². The molecule has 2 heterocycles. The van der Waals surface area contributed by atoms with Crippen molar-refractivity contribution in [3.63, 3.8) is 0 Å². The molecule has 26 heavy (non-hydrogen) atoms. The highest BCUT2D eigenvalue weighted by molar-refractivity contribution is 5.80. The Kier molecular flexibility index (Phi) is 3.58. The molecular formula is C18H12N4O4. The van der Waals surface area contributed by atoms with Crippen molar-refractivity contribution in [2.75, 3.05) is 0 Å². The third-order valence-corrected chi connectivity index (χ3v) is 3.99. The number of fused-ring (bicyclic) bond motifs is 1. The van der Waals surface area contributed by atoms with Gasteiger partial charge in [0.25, 0.3) is 5.69 Å². The molecular weight excluding hydrogens is 336 g/mol. The largest absolute Gasteiger partial charge is 0.422 e. The van der Waals surface area contributed by atoms with Crippen molar-refractivity contribution in [2.45, 2.75) is 6.92 Å². The number of nitrogens with zero attached hydrogens (tertiary/aromatic N) is 4. The van der Waals surface area contributed by atoms with E-state index in [0.29, 0.717) is 5.58 Å². The van der Waals surface area contributed by atoms with E-state index in [-0.39, 0.29) is 22.6 Å². The van der Waals surface area contributed by atoms with Gasteiger partial charge in [0.1, 0.15) is 17.0 Å². The Morgan fingerprint density at radius 1 is 1.15 bits per heavy atom. The molecule has 8 heteroatoms. The van der Waals surface area contributed by atoms with Gasteiger partial charge in [-0.2, -0.15) is 0 Å². The van der Waals surface area contributed by atoms with E-state index in [0.717, 1.165) is 10.9 Å². The van der Waals surface area contributed by atoms with E-state index < -0.39 is 10.5 Å². The topological polar surface area (TPSA) is 104 Å². The van der Waals surface area contributed by atoms with Crippen LogP contribution in [0.2, 0.25) is 0 Å². The molecule has 0 saturated heterocycles. The number of rotatable bonds is 3. The van der Waals surface area contributed by atoms with Crippen LogP contribution in [0.15, 0.2) is 63.9 Å². The molecule has 128 valence electrons. The number of benzene rings is 2. The average Bonchev–Trinajstić information content (AvgIpc) is 3.10. The first-order valence-electron chi connectivity index (χ1n) is 7.74. The lowest BCUT2D eigenvalue weighted by atomic mass is 10.1. The first-order valence-corrected chi connectivity index (χ1v) is 7.74. The smallest absolute Gasteiger partial charge is 0.345 e. The average molecular weight is 348 g/mol. The Labute approximate surface area is 146 Å². The van der Waals surface area contributed by atoms with Gasteiger partial charge in [-0.15, -0.1) is 5.10 Å². The van der Waals surface area contributed by atoms with Crippen LogP contribution in [0.4, 0.5) is 5.69 Å². The van der Waals surface area contributed by atoms with Gasteiger partial charge in [0.05, 0.1) is 16.7 Å². The number of aromatic nitrogens is 3. The number of hydrogen-bond acceptors (Lipinski definition) is 6. The van der Waals surface area contributed by atoms with Gasteiger partial charge in [0, 0.05) is 11.5 Å². The highest BCUT2D eigenvalue weighted by Crippen LogP contribution is 2.25. The Morgan fingerprint density at radius 2 is 1.96 bits per heavy atom. The fourth-order valence-electron chi connectivity index (χ4n) is 2.72. The monoisotopic (exact) mass is 348 g/mol. The summed E-state index contributed by atoms with van der Waals surface area (Å²) in [6.07, 6.45) is 1.47. The van der Waals surface area contributed by atoms with Crippen molar-refractivity contribution in [3.05, 3.63) is 80.8 Å². The Hall–Kier alpha value is -3.81. The first kappa shape index (κ1) is 15.7. The number of hydrogen-bond donors (Lipinski definition) is 0. The molecule has 0 bridgehead atoms. The fraction of sp³-hybridized carbons (Fsp3) is 0.0556. The molecule has 0 aliphatic heterocycles. The minimum atomic E-state index is -0.547. The molecule has 2 aromatic heterocycles. The minimum absolute atomic E-state index is 0.0907. The fourth-order valence-corrected chi connectivity index (χ4v) is 2.72. The SMILES string of the molecule is Cc1ccc(-n2cc(-c3cc4ccccc4oc3=O)nn2)c([N+](=O)[O-])c1. The zero-order chi connectivity index (χ0) is 18.3. The van der Waals surface area contributed by atoms with Gasteiger partial charge >= 0.3 is 5.63 Å². The quantitative estimate of drug-likeness (QED) is 0.320. The van der Waals surface area contributed by atoms with E-state index in [4.69, 9.17) is 4.42 Å². The van der Waals surface area contributed by atoms with Crippen LogP contribution in [0, 0.1) is 17.0 Å². The number of aryl methyl sites for hydroxylation is 1. The van der Waals surface area contributed by atoms with E-state index in [2.05, 4.69) is 10.3 Å². The van der Waals surface area contributed by atoms with Gasteiger partial charge in [-0.05, 0) is 30.7 Å². The lowest BCUT2D eigenvalue weighted by Gasteiger charge is -2.02. The summed E-state index contributed by atoms with van der Waals surface area (Å²) in [4.78, 5) is 23.1. The Morgan fingerprint density at radius 3 is 2.77 bits per heavy atom. The normalized spacial score (nSPS) is 11.0. The first-order chi connectivity index (χ1) is 12.5. The molecule has 0 fully saturated rings. The van der Waals surface area contributed by atoms with Crippen molar-refractivity contribution in [3.8, 4) is 16.9 Å². The summed E-state index contributed by atoms with van der Waals surface area (Å²) in [5, 5.41) is 20.0. The van der Waals surface area contributed by atoms with E-state index in [1.54, 1.807) is 37.3 Å². The Balaban J connectivity index is 1.84. The van der Waals surface area contributed by atoms with Crippen molar-refractivity contribution < 1.29 is 9.34 Å². The second-order valence-corrected chi connectivity index (χ2v) is 5.78. The predicted molar refractivity (Wildman–Crippen MR) is 94.2 cm³/mol. The summed E-state index contributed by atoms with van der Waals surface area (Å²) in [5.41, 5.74) is 1.38. The van der Waals surface area contributed by atoms with E-state index in [1.807, 2.05) is 12.1 Å². The van der Waals surface area contributed by atoms with Crippen LogP contribution in [0.25, 0.3) is 27.9 Å². The standard InChI is InChI=1S/C18H12N4O4/c1-11-6-7-15(16(8-11)22(24)25)21-10-14(19-20-21)13-9-12-4-2-3-5-17(12)26-18(13)23/h2-10H,1H3.